The second-order valence-electron chi connectivity index (χ2n) is 2.80. The molecular weight excluding hydrogens is 148 g/mol. The molecule has 0 aromatic carbocycles. The Morgan fingerprint density at radius 2 is 2.09 bits per heavy atom. The molecule has 1 aliphatic heterocycles. The molecule has 2 N–H and O–H groups in total. The van der Waals surface area contributed by atoms with E-state index >= 15 is 0 Å². The van der Waals surface area contributed by atoms with E-state index in [1.54, 1.807) is 6.92 Å². The van der Waals surface area contributed by atoms with Gasteiger partial charge in [-0.2, -0.15) is 0 Å². The zero-order valence-electron chi connectivity index (χ0n) is 6.73. The molecule has 0 bridgehead atoms. The number of hydrogen-bond acceptors (Lipinski definition) is 4. The van der Waals surface area contributed by atoms with Gasteiger partial charge < -0.3 is 19.7 Å². The summed E-state index contributed by atoms with van der Waals surface area (Å²) in [5.74, 6) is 0. The Morgan fingerprint density at radius 1 is 1.45 bits per heavy atom. The Labute approximate surface area is 65.7 Å². The van der Waals surface area contributed by atoms with Crippen LogP contribution in [-0.2, 0) is 9.47 Å². The van der Waals surface area contributed by atoms with Crippen LogP contribution in [0.4, 0.5) is 0 Å². The van der Waals surface area contributed by atoms with Crippen molar-refractivity contribution < 1.29 is 19.7 Å². The van der Waals surface area contributed by atoms with Crippen LogP contribution in [0.3, 0.4) is 0 Å². The van der Waals surface area contributed by atoms with Crippen LogP contribution in [0, 0.1) is 0 Å². The Bertz CT molecular complexity index is 116. The van der Waals surface area contributed by atoms with Crippen LogP contribution in [0.5, 0.6) is 0 Å². The molecule has 0 amide bonds. The lowest BCUT2D eigenvalue weighted by Gasteiger charge is -2.34. The van der Waals surface area contributed by atoms with Gasteiger partial charge in [0.2, 0.25) is 0 Å². The summed E-state index contributed by atoms with van der Waals surface area (Å²) in [6.45, 7) is 1.71. The standard InChI is InChI=1S/C7H14O4/c1-4-7(9)5(8)3-6(10-2)11-4/h4-9H,3H2,1-2H3/t4-,5-,6?,7+/m0/s1. The van der Waals surface area contributed by atoms with Crippen LogP contribution >= 0.6 is 0 Å². The Kier molecular flexibility index (Phi) is 2.84. The number of aliphatic hydroxyl groups is 2. The van der Waals surface area contributed by atoms with Gasteiger partial charge in [-0.25, -0.2) is 0 Å². The molecular formula is C7H14O4. The first kappa shape index (κ1) is 8.93. The zero-order chi connectivity index (χ0) is 8.43. The third-order valence-corrected chi connectivity index (χ3v) is 1.94. The first-order valence-corrected chi connectivity index (χ1v) is 3.69. The summed E-state index contributed by atoms with van der Waals surface area (Å²) in [7, 11) is 1.52. The molecule has 0 radical (unpaired) electrons. The fourth-order valence-corrected chi connectivity index (χ4v) is 1.18. The highest BCUT2D eigenvalue weighted by Crippen LogP contribution is 2.19. The first-order valence-electron chi connectivity index (χ1n) is 3.69. The van der Waals surface area contributed by atoms with Crippen LogP contribution in [0.2, 0.25) is 0 Å². The topological polar surface area (TPSA) is 58.9 Å². The minimum Gasteiger partial charge on any atom is -0.390 e. The summed E-state index contributed by atoms with van der Waals surface area (Å²) in [4.78, 5) is 0. The number of rotatable bonds is 1. The molecule has 11 heavy (non-hydrogen) atoms. The van der Waals surface area contributed by atoms with Gasteiger partial charge in [-0.15, -0.1) is 0 Å². The maximum atomic E-state index is 9.24. The first-order chi connectivity index (χ1) is 5.15. The smallest absolute Gasteiger partial charge is 0.160 e. The number of ether oxygens (including phenoxy) is 2. The molecule has 0 aromatic heterocycles. The molecule has 4 heteroatoms. The summed E-state index contributed by atoms with van der Waals surface area (Å²) < 4.78 is 10.1. The van der Waals surface area contributed by atoms with Gasteiger partial charge in [0.15, 0.2) is 6.29 Å². The number of hydrogen-bond donors (Lipinski definition) is 2. The van der Waals surface area contributed by atoms with E-state index in [0.717, 1.165) is 0 Å². The van der Waals surface area contributed by atoms with Crippen molar-refractivity contribution in [3.63, 3.8) is 0 Å². The molecule has 4 atom stereocenters. The lowest BCUT2D eigenvalue weighted by atomic mass is 10.0. The van der Waals surface area contributed by atoms with Crippen molar-refractivity contribution in [1.82, 2.24) is 0 Å². The van der Waals surface area contributed by atoms with Crippen LogP contribution in [0.15, 0.2) is 0 Å². The third-order valence-electron chi connectivity index (χ3n) is 1.94. The lowest BCUT2D eigenvalue weighted by Crippen LogP contribution is -2.47. The van der Waals surface area contributed by atoms with Crippen molar-refractivity contribution in [2.75, 3.05) is 7.11 Å². The highest BCUT2D eigenvalue weighted by molar-refractivity contribution is 4.79. The van der Waals surface area contributed by atoms with Gasteiger partial charge in [-0.1, -0.05) is 0 Å². The van der Waals surface area contributed by atoms with Crippen LogP contribution in [-0.4, -0.2) is 41.9 Å². The van der Waals surface area contributed by atoms with Gasteiger partial charge in [-0.3, -0.25) is 0 Å². The maximum absolute atomic E-state index is 9.24. The molecule has 1 rings (SSSR count). The van der Waals surface area contributed by atoms with Gasteiger partial charge in [0.05, 0.1) is 12.2 Å². The molecule has 0 aromatic rings. The van der Waals surface area contributed by atoms with Crippen LogP contribution in [0.25, 0.3) is 0 Å². The summed E-state index contributed by atoms with van der Waals surface area (Å²) in [6, 6.07) is 0. The second kappa shape index (κ2) is 3.49. The molecule has 0 spiro atoms. The SMILES string of the molecule is COC1C[C@H](O)[C@H](O)[C@H](C)O1. The van der Waals surface area contributed by atoms with E-state index < -0.39 is 12.2 Å². The van der Waals surface area contributed by atoms with Crippen LogP contribution < -0.4 is 0 Å². The van der Waals surface area contributed by atoms with Gasteiger partial charge in [0.25, 0.3) is 0 Å². The van der Waals surface area contributed by atoms with Gasteiger partial charge in [-0.05, 0) is 6.92 Å². The largest absolute Gasteiger partial charge is 0.390 e. The Hall–Kier alpha value is -0.160. The minimum atomic E-state index is -0.790. The average Bonchev–Trinajstić information content (AvgIpc) is 1.99. The van der Waals surface area contributed by atoms with Gasteiger partial charge >= 0.3 is 0 Å². The van der Waals surface area contributed by atoms with E-state index in [1.165, 1.54) is 7.11 Å². The van der Waals surface area contributed by atoms with Gasteiger partial charge in [0.1, 0.15) is 6.10 Å². The summed E-state index contributed by atoms with van der Waals surface area (Å²) in [5.41, 5.74) is 0. The summed E-state index contributed by atoms with van der Waals surface area (Å²) in [5, 5.41) is 18.5. The minimum absolute atomic E-state index is 0.335. The average molecular weight is 162 g/mol. The predicted molar refractivity (Wildman–Crippen MR) is 38.0 cm³/mol. The monoisotopic (exact) mass is 162 g/mol. The molecule has 0 saturated carbocycles. The molecule has 0 aliphatic carbocycles. The van der Waals surface area contributed by atoms with E-state index in [2.05, 4.69) is 0 Å². The molecule has 1 aliphatic rings. The van der Waals surface area contributed by atoms with Crippen molar-refractivity contribution in [1.29, 1.82) is 0 Å². The molecule has 1 heterocycles. The van der Waals surface area contributed by atoms with Crippen molar-refractivity contribution in [2.24, 2.45) is 0 Å². The second-order valence-corrected chi connectivity index (χ2v) is 2.80. The molecule has 66 valence electrons. The highest BCUT2D eigenvalue weighted by Gasteiger charge is 2.33. The Morgan fingerprint density at radius 3 is 2.55 bits per heavy atom. The predicted octanol–water partition coefficient (Wildman–Crippen LogP) is -0.510. The molecule has 1 saturated heterocycles. The number of methoxy groups -OCH3 is 1. The lowest BCUT2D eigenvalue weighted by molar-refractivity contribution is -0.237. The quantitative estimate of drug-likeness (QED) is 0.545. The van der Waals surface area contributed by atoms with E-state index in [1.807, 2.05) is 0 Å². The highest BCUT2D eigenvalue weighted by atomic mass is 16.7. The fraction of sp³-hybridized carbons (Fsp3) is 1.00. The van der Waals surface area contributed by atoms with Crippen molar-refractivity contribution in [3.05, 3.63) is 0 Å². The maximum Gasteiger partial charge on any atom is 0.160 e. The third kappa shape index (κ3) is 1.90. The van der Waals surface area contributed by atoms with Gasteiger partial charge in [0, 0.05) is 13.5 Å². The van der Waals surface area contributed by atoms with Crippen molar-refractivity contribution >= 4 is 0 Å². The summed E-state index contributed by atoms with van der Waals surface area (Å²) in [6.07, 6.45) is -1.93. The molecule has 4 nitrogen and oxygen atoms in total. The van der Waals surface area contributed by atoms with Crippen molar-refractivity contribution in [2.45, 2.75) is 37.9 Å². The van der Waals surface area contributed by atoms with E-state index in [-0.39, 0.29) is 12.4 Å². The van der Waals surface area contributed by atoms with Crippen LogP contribution in [0.1, 0.15) is 13.3 Å². The summed E-state index contributed by atoms with van der Waals surface area (Å²) >= 11 is 0. The fourth-order valence-electron chi connectivity index (χ4n) is 1.18. The normalized spacial score (nSPS) is 45.8. The molecule has 1 fully saturated rings. The van der Waals surface area contributed by atoms with E-state index in [0.29, 0.717) is 6.42 Å². The molecule has 1 unspecified atom stereocenters. The Balaban J connectivity index is 2.47. The van der Waals surface area contributed by atoms with E-state index in [9.17, 15) is 10.2 Å². The zero-order valence-corrected chi connectivity index (χ0v) is 6.73. The number of aliphatic hydroxyl groups excluding tert-OH is 2. The van der Waals surface area contributed by atoms with E-state index in [4.69, 9.17) is 9.47 Å². The van der Waals surface area contributed by atoms with Crippen molar-refractivity contribution in [3.8, 4) is 0 Å².